The Balaban J connectivity index is 2.43. The van der Waals surface area contributed by atoms with Crippen molar-refractivity contribution in [3.05, 3.63) is 49.5 Å². The van der Waals surface area contributed by atoms with E-state index in [1.165, 1.54) is 17.4 Å². The Morgan fingerprint density at radius 3 is 2.55 bits per heavy atom. The van der Waals surface area contributed by atoms with Gasteiger partial charge in [-0.2, -0.15) is 0 Å². The molecule has 0 atom stereocenters. The van der Waals surface area contributed by atoms with Gasteiger partial charge in [-0.05, 0) is 31.9 Å². The average Bonchev–Trinajstić information content (AvgIpc) is 2.84. The van der Waals surface area contributed by atoms with E-state index in [1.54, 1.807) is 32.3 Å². The Morgan fingerprint density at radius 1 is 1.32 bits per heavy atom. The summed E-state index contributed by atoms with van der Waals surface area (Å²) in [4.78, 5) is 15.0. The summed E-state index contributed by atoms with van der Waals surface area (Å²) in [5.74, 6) is 0. The zero-order chi connectivity index (χ0) is 16.5. The molecule has 0 unspecified atom stereocenters. The summed E-state index contributed by atoms with van der Waals surface area (Å²) in [7, 11) is -3.99. The van der Waals surface area contributed by atoms with Crippen LogP contribution in [-0.4, -0.2) is 18.3 Å². The van der Waals surface area contributed by atoms with Gasteiger partial charge in [-0.3, -0.25) is 10.1 Å². The maximum atomic E-state index is 12.5. The van der Waals surface area contributed by atoms with Crippen molar-refractivity contribution in [1.29, 1.82) is 0 Å². The molecule has 0 aliphatic heterocycles. The fourth-order valence-corrected chi connectivity index (χ4v) is 4.26. The lowest BCUT2D eigenvalue weighted by Crippen LogP contribution is -2.25. The maximum Gasteiger partial charge on any atom is 0.289 e. The molecular weight excluding hydrogens is 326 g/mol. The third-order valence-corrected chi connectivity index (χ3v) is 5.90. The number of thiazole rings is 1. The van der Waals surface area contributed by atoms with E-state index in [2.05, 4.69) is 9.71 Å². The largest absolute Gasteiger partial charge is 0.289 e. The highest BCUT2D eigenvalue weighted by molar-refractivity contribution is 7.89. The highest BCUT2D eigenvalue weighted by Gasteiger charge is 2.28. The monoisotopic (exact) mass is 341 g/mol. The van der Waals surface area contributed by atoms with Gasteiger partial charge in [0.25, 0.3) is 5.69 Å². The molecule has 0 aliphatic rings. The van der Waals surface area contributed by atoms with Gasteiger partial charge in [0.15, 0.2) is 4.90 Å². The van der Waals surface area contributed by atoms with Gasteiger partial charge in [0.1, 0.15) is 0 Å². The van der Waals surface area contributed by atoms with Gasteiger partial charge in [0, 0.05) is 17.5 Å². The number of nitro benzene ring substituents is 1. The van der Waals surface area contributed by atoms with Crippen molar-refractivity contribution in [2.45, 2.75) is 32.2 Å². The summed E-state index contributed by atoms with van der Waals surface area (Å²) in [5.41, 5.74) is 3.00. The number of hydrogen-bond donors (Lipinski definition) is 1. The standard InChI is InChI=1S/C13H15N3O4S2/c1-8-4-5-11(16(17)18)13(9(8)2)22(19,20)15-6-12-10(3)14-7-21-12/h4-5,7,15H,6H2,1-3H3. The van der Waals surface area contributed by atoms with Gasteiger partial charge in [0.05, 0.1) is 16.1 Å². The van der Waals surface area contributed by atoms with Crippen LogP contribution in [0.5, 0.6) is 0 Å². The maximum absolute atomic E-state index is 12.5. The first kappa shape index (κ1) is 16.5. The molecule has 2 aromatic rings. The Morgan fingerprint density at radius 2 is 2.00 bits per heavy atom. The molecule has 0 saturated heterocycles. The number of nitrogens with one attached hydrogen (secondary N) is 1. The van der Waals surface area contributed by atoms with Gasteiger partial charge in [-0.1, -0.05) is 6.07 Å². The minimum atomic E-state index is -3.99. The van der Waals surface area contributed by atoms with Crippen LogP contribution in [-0.2, 0) is 16.6 Å². The molecule has 0 radical (unpaired) electrons. The van der Waals surface area contributed by atoms with Crippen LogP contribution in [0.1, 0.15) is 21.7 Å². The molecule has 0 bridgehead atoms. The van der Waals surface area contributed by atoms with E-state index in [0.717, 1.165) is 10.6 Å². The molecule has 0 saturated carbocycles. The SMILES string of the molecule is Cc1ccc([N+](=O)[O-])c(S(=O)(=O)NCc2scnc2C)c1C. The Kier molecular flexibility index (Phi) is 4.59. The van der Waals surface area contributed by atoms with Crippen molar-refractivity contribution in [3.8, 4) is 0 Å². The number of sulfonamides is 1. The van der Waals surface area contributed by atoms with Crippen molar-refractivity contribution in [1.82, 2.24) is 9.71 Å². The molecule has 0 spiro atoms. The van der Waals surface area contributed by atoms with E-state index in [9.17, 15) is 18.5 Å². The molecule has 22 heavy (non-hydrogen) atoms. The van der Waals surface area contributed by atoms with E-state index < -0.39 is 20.6 Å². The number of nitro groups is 1. The first-order valence-corrected chi connectivity index (χ1v) is 8.73. The van der Waals surface area contributed by atoms with Gasteiger partial charge in [-0.25, -0.2) is 18.1 Å². The number of hydrogen-bond acceptors (Lipinski definition) is 6. The molecule has 2 rings (SSSR count). The lowest BCUT2D eigenvalue weighted by molar-refractivity contribution is -0.387. The molecule has 0 fully saturated rings. The van der Waals surface area contributed by atoms with Crippen molar-refractivity contribution in [3.63, 3.8) is 0 Å². The van der Waals surface area contributed by atoms with Crippen LogP contribution in [0.15, 0.2) is 22.5 Å². The first-order chi connectivity index (χ1) is 10.2. The van der Waals surface area contributed by atoms with Crippen LogP contribution >= 0.6 is 11.3 Å². The van der Waals surface area contributed by atoms with E-state index in [4.69, 9.17) is 0 Å². The molecular formula is C13H15N3O4S2. The van der Waals surface area contributed by atoms with Crippen molar-refractivity contribution >= 4 is 27.0 Å². The van der Waals surface area contributed by atoms with Crippen LogP contribution in [0.4, 0.5) is 5.69 Å². The first-order valence-electron chi connectivity index (χ1n) is 6.37. The number of nitrogens with zero attached hydrogens (tertiary/aromatic N) is 2. The van der Waals surface area contributed by atoms with Crippen LogP contribution in [0.3, 0.4) is 0 Å². The molecule has 9 heteroatoms. The van der Waals surface area contributed by atoms with E-state index in [-0.39, 0.29) is 11.4 Å². The minimum Gasteiger partial charge on any atom is -0.258 e. The normalized spacial score (nSPS) is 11.6. The minimum absolute atomic E-state index is 0.0589. The molecule has 1 heterocycles. The molecule has 118 valence electrons. The zero-order valence-electron chi connectivity index (χ0n) is 12.3. The van der Waals surface area contributed by atoms with Crippen LogP contribution in [0.2, 0.25) is 0 Å². The summed E-state index contributed by atoms with van der Waals surface area (Å²) >= 11 is 1.33. The van der Waals surface area contributed by atoms with Crippen LogP contribution in [0, 0.1) is 30.9 Å². The Hall–Kier alpha value is -1.84. The quantitative estimate of drug-likeness (QED) is 0.665. The fraction of sp³-hybridized carbons (Fsp3) is 0.308. The van der Waals surface area contributed by atoms with E-state index in [0.29, 0.717) is 11.1 Å². The van der Waals surface area contributed by atoms with Gasteiger partial charge in [-0.15, -0.1) is 11.3 Å². The molecule has 0 aliphatic carbocycles. The van der Waals surface area contributed by atoms with Gasteiger partial charge >= 0.3 is 0 Å². The van der Waals surface area contributed by atoms with Gasteiger partial charge < -0.3 is 0 Å². The van der Waals surface area contributed by atoms with Gasteiger partial charge in [0.2, 0.25) is 10.0 Å². The van der Waals surface area contributed by atoms with Crippen LogP contribution in [0.25, 0.3) is 0 Å². The summed E-state index contributed by atoms with van der Waals surface area (Å²) in [6.45, 7) is 5.12. The van der Waals surface area contributed by atoms with E-state index >= 15 is 0 Å². The summed E-state index contributed by atoms with van der Waals surface area (Å²) in [6.07, 6.45) is 0. The number of benzene rings is 1. The smallest absolute Gasteiger partial charge is 0.258 e. The second-order valence-corrected chi connectivity index (χ2v) is 7.44. The Bertz CT molecular complexity index is 828. The summed E-state index contributed by atoms with van der Waals surface area (Å²) in [5, 5.41) is 11.1. The third kappa shape index (κ3) is 3.16. The van der Waals surface area contributed by atoms with Crippen molar-refractivity contribution in [2.24, 2.45) is 0 Å². The molecule has 7 nitrogen and oxygen atoms in total. The highest BCUT2D eigenvalue weighted by Crippen LogP contribution is 2.29. The number of rotatable bonds is 5. The molecule has 1 aromatic carbocycles. The molecule has 1 N–H and O–H groups in total. The predicted molar refractivity (Wildman–Crippen MR) is 83.4 cm³/mol. The van der Waals surface area contributed by atoms with Crippen molar-refractivity contribution in [2.75, 3.05) is 0 Å². The average molecular weight is 341 g/mol. The second kappa shape index (κ2) is 6.11. The number of aromatic nitrogens is 1. The fourth-order valence-electron chi connectivity index (χ4n) is 1.99. The topological polar surface area (TPSA) is 102 Å². The highest BCUT2D eigenvalue weighted by atomic mass is 32.2. The van der Waals surface area contributed by atoms with Crippen LogP contribution < -0.4 is 4.72 Å². The summed E-state index contributed by atoms with van der Waals surface area (Å²) in [6, 6.07) is 2.76. The summed E-state index contributed by atoms with van der Waals surface area (Å²) < 4.78 is 27.4. The molecule has 0 amide bonds. The predicted octanol–water partition coefficient (Wildman–Crippen LogP) is 2.46. The Labute approximate surface area is 132 Å². The van der Waals surface area contributed by atoms with Crippen molar-refractivity contribution < 1.29 is 13.3 Å². The van der Waals surface area contributed by atoms with E-state index in [1.807, 2.05) is 0 Å². The molecule has 1 aromatic heterocycles. The third-order valence-electron chi connectivity index (χ3n) is 3.39. The second-order valence-electron chi connectivity index (χ2n) is 4.80. The lowest BCUT2D eigenvalue weighted by atomic mass is 10.1. The number of aryl methyl sites for hydroxylation is 2. The lowest BCUT2D eigenvalue weighted by Gasteiger charge is -2.11. The zero-order valence-corrected chi connectivity index (χ0v) is 13.9.